The number of ether oxygens (including phenoxy) is 1. The zero-order valence-corrected chi connectivity index (χ0v) is 24.0. The maximum absolute atomic E-state index is 5.97. The molecular formula is C34H41N5O. The number of nitrogens with two attached hydrogens (primary N) is 1. The van der Waals surface area contributed by atoms with Gasteiger partial charge in [0, 0.05) is 30.9 Å². The van der Waals surface area contributed by atoms with Crippen molar-refractivity contribution >= 4 is 5.57 Å². The molecule has 2 aliphatic rings. The molecule has 0 aromatic carbocycles. The van der Waals surface area contributed by atoms with E-state index in [1.54, 1.807) is 6.20 Å². The van der Waals surface area contributed by atoms with E-state index in [2.05, 4.69) is 89.1 Å². The molecule has 40 heavy (non-hydrogen) atoms. The largest absolute Gasteiger partial charge is 0.405 e. The van der Waals surface area contributed by atoms with Crippen LogP contribution in [-0.2, 0) is 4.74 Å². The SMILES string of the molecule is C=C1\C=C/C(c2cn[nH]c2-c2cccc(C)n2)=C/C=C/C1=C/C(=C\C)C(/C)=C/C/C(=C/N)CCN1CCOCC1. The maximum atomic E-state index is 5.97. The van der Waals surface area contributed by atoms with Gasteiger partial charge in [0.25, 0.3) is 0 Å². The molecule has 3 heterocycles. The topological polar surface area (TPSA) is 80.1 Å². The van der Waals surface area contributed by atoms with Crippen LogP contribution in [0.1, 0.15) is 37.9 Å². The number of hydrogen-bond acceptors (Lipinski definition) is 5. The smallest absolute Gasteiger partial charge is 0.0912 e. The average molecular weight is 536 g/mol. The van der Waals surface area contributed by atoms with Gasteiger partial charge in [-0.2, -0.15) is 5.10 Å². The lowest BCUT2D eigenvalue weighted by Gasteiger charge is -2.26. The van der Waals surface area contributed by atoms with Crippen molar-refractivity contribution in [1.82, 2.24) is 20.1 Å². The molecule has 1 saturated heterocycles. The summed E-state index contributed by atoms with van der Waals surface area (Å²) in [6.45, 7) is 15.2. The van der Waals surface area contributed by atoms with E-state index in [1.165, 1.54) is 16.7 Å². The van der Waals surface area contributed by atoms with Gasteiger partial charge in [-0.05, 0) is 91.5 Å². The monoisotopic (exact) mass is 535 g/mol. The zero-order chi connectivity index (χ0) is 28.3. The highest BCUT2D eigenvalue weighted by Crippen LogP contribution is 2.29. The lowest BCUT2D eigenvalue weighted by molar-refractivity contribution is 0.0384. The molecule has 1 aliphatic heterocycles. The lowest BCUT2D eigenvalue weighted by atomic mass is 9.95. The molecule has 6 heteroatoms. The number of nitrogens with zero attached hydrogens (tertiary/aromatic N) is 3. The van der Waals surface area contributed by atoms with Gasteiger partial charge < -0.3 is 10.5 Å². The molecule has 0 saturated carbocycles. The number of pyridine rings is 1. The molecular weight excluding hydrogens is 494 g/mol. The van der Waals surface area contributed by atoms with E-state index in [0.29, 0.717) is 0 Å². The predicted octanol–water partition coefficient (Wildman–Crippen LogP) is 6.62. The number of morpholine rings is 1. The van der Waals surface area contributed by atoms with E-state index in [4.69, 9.17) is 10.5 Å². The van der Waals surface area contributed by atoms with Crippen LogP contribution < -0.4 is 5.73 Å². The van der Waals surface area contributed by atoms with Crippen molar-refractivity contribution in [2.75, 3.05) is 32.8 Å². The number of aryl methyl sites for hydroxylation is 1. The first kappa shape index (κ1) is 29.0. The molecule has 6 nitrogen and oxygen atoms in total. The number of nitrogens with one attached hydrogen (secondary N) is 1. The number of H-pyrrole nitrogens is 1. The van der Waals surface area contributed by atoms with Crippen LogP contribution in [0.25, 0.3) is 17.0 Å². The summed E-state index contributed by atoms with van der Waals surface area (Å²) >= 11 is 0. The van der Waals surface area contributed by atoms with Gasteiger partial charge in [-0.15, -0.1) is 0 Å². The van der Waals surface area contributed by atoms with E-state index in [1.807, 2.05) is 31.3 Å². The summed E-state index contributed by atoms with van der Waals surface area (Å²) in [6.07, 6.45) is 22.5. The fraction of sp³-hybridized carbons (Fsp3) is 0.294. The molecule has 2 aromatic heterocycles. The number of rotatable bonds is 9. The highest BCUT2D eigenvalue weighted by molar-refractivity contribution is 5.84. The third kappa shape index (κ3) is 7.78. The third-order valence-corrected chi connectivity index (χ3v) is 7.32. The fourth-order valence-corrected chi connectivity index (χ4v) is 4.78. The highest BCUT2D eigenvalue weighted by atomic mass is 16.5. The number of allylic oxidation sites excluding steroid dienone is 13. The first-order chi connectivity index (χ1) is 19.5. The van der Waals surface area contributed by atoms with Crippen LogP contribution in [0, 0.1) is 6.92 Å². The first-order valence-electron chi connectivity index (χ1n) is 14.0. The van der Waals surface area contributed by atoms with Gasteiger partial charge in [0.15, 0.2) is 0 Å². The Labute approximate surface area is 238 Å². The molecule has 1 aliphatic carbocycles. The summed E-state index contributed by atoms with van der Waals surface area (Å²) in [4.78, 5) is 7.11. The van der Waals surface area contributed by atoms with Crippen molar-refractivity contribution in [3.8, 4) is 11.4 Å². The fourth-order valence-electron chi connectivity index (χ4n) is 4.78. The second-order valence-corrected chi connectivity index (χ2v) is 10.1. The maximum Gasteiger partial charge on any atom is 0.0912 e. The Morgan fingerprint density at radius 1 is 1.20 bits per heavy atom. The molecule has 2 aromatic rings. The van der Waals surface area contributed by atoms with Crippen molar-refractivity contribution in [3.05, 3.63) is 125 Å². The average Bonchev–Trinajstić information content (AvgIpc) is 3.45. The zero-order valence-electron chi connectivity index (χ0n) is 24.0. The Morgan fingerprint density at radius 3 is 2.77 bits per heavy atom. The van der Waals surface area contributed by atoms with Gasteiger partial charge in [-0.1, -0.05) is 55.2 Å². The van der Waals surface area contributed by atoms with Gasteiger partial charge >= 0.3 is 0 Å². The molecule has 0 bridgehead atoms. The van der Waals surface area contributed by atoms with Crippen molar-refractivity contribution in [3.63, 3.8) is 0 Å². The second kappa shape index (κ2) is 14.4. The van der Waals surface area contributed by atoms with Crippen LogP contribution in [0.3, 0.4) is 0 Å². The van der Waals surface area contributed by atoms with Crippen LogP contribution in [0.2, 0.25) is 0 Å². The first-order valence-corrected chi connectivity index (χ1v) is 14.0. The van der Waals surface area contributed by atoms with Crippen LogP contribution >= 0.6 is 0 Å². The molecule has 0 spiro atoms. The van der Waals surface area contributed by atoms with Crippen molar-refractivity contribution in [1.29, 1.82) is 0 Å². The Morgan fingerprint density at radius 2 is 2.02 bits per heavy atom. The number of aromatic nitrogens is 3. The van der Waals surface area contributed by atoms with Gasteiger partial charge in [0.2, 0.25) is 0 Å². The summed E-state index contributed by atoms with van der Waals surface area (Å²) in [5.41, 5.74) is 16.4. The quantitative estimate of drug-likeness (QED) is 0.353. The molecule has 0 amide bonds. The molecule has 4 rings (SSSR count). The van der Waals surface area contributed by atoms with E-state index in [-0.39, 0.29) is 0 Å². The minimum absolute atomic E-state index is 0.821. The minimum Gasteiger partial charge on any atom is -0.405 e. The van der Waals surface area contributed by atoms with Crippen LogP contribution in [-0.4, -0.2) is 52.9 Å². The summed E-state index contributed by atoms with van der Waals surface area (Å²) in [5, 5.41) is 7.42. The summed E-state index contributed by atoms with van der Waals surface area (Å²) in [5.74, 6) is 0. The second-order valence-electron chi connectivity index (χ2n) is 10.1. The van der Waals surface area contributed by atoms with E-state index >= 15 is 0 Å². The van der Waals surface area contributed by atoms with Crippen LogP contribution in [0.5, 0.6) is 0 Å². The minimum atomic E-state index is 0.821. The molecule has 208 valence electrons. The Balaban J connectivity index is 1.46. The molecule has 0 unspecified atom stereocenters. The molecule has 0 radical (unpaired) electrons. The van der Waals surface area contributed by atoms with E-state index in [9.17, 15) is 0 Å². The molecule has 1 fully saturated rings. The predicted molar refractivity (Wildman–Crippen MR) is 166 cm³/mol. The van der Waals surface area contributed by atoms with Crippen molar-refractivity contribution < 1.29 is 4.74 Å². The van der Waals surface area contributed by atoms with Crippen molar-refractivity contribution in [2.24, 2.45) is 5.73 Å². The van der Waals surface area contributed by atoms with Crippen molar-refractivity contribution in [2.45, 2.75) is 33.6 Å². The molecule has 0 atom stereocenters. The number of hydrogen-bond donors (Lipinski definition) is 2. The van der Waals surface area contributed by atoms with Crippen LogP contribution in [0.15, 0.2) is 114 Å². The van der Waals surface area contributed by atoms with Gasteiger partial charge in [-0.3, -0.25) is 15.0 Å². The summed E-state index contributed by atoms with van der Waals surface area (Å²) in [6, 6.07) is 6.00. The van der Waals surface area contributed by atoms with Gasteiger partial charge in [-0.25, -0.2) is 0 Å². The van der Waals surface area contributed by atoms with Gasteiger partial charge in [0.1, 0.15) is 0 Å². The standard InChI is InChI=1S/C34H41N5O/c1-5-29(25(2)12-14-28(23-35)16-17-39-18-20-40-21-19-39)22-31-10-7-9-30(15-13-26(31)3)32-24-36-38-34(32)33-11-6-8-27(4)37-33/h5-13,15,22-24H,3,14,16-21,35H2,1-2,4H3,(H,36,38)/b10-7+,15-13-,25-12+,28-23-,29-5+,30-9-,31-22-. The van der Waals surface area contributed by atoms with Crippen LogP contribution in [0.4, 0.5) is 0 Å². The Kier molecular flexibility index (Phi) is 10.4. The summed E-state index contributed by atoms with van der Waals surface area (Å²) in [7, 11) is 0. The van der Waals surface area contributed by atoms with E-state index < -0.39 is 0 Å². The number of aromatic amines is 1. The normalized spacial score (nSPS) is 21.6. The summed E-state index contributed by atoms with van der Waals surface area (Å²) < 4.78 is 5.46. The van der Waals surface area contributed by atoms with E-state index in [0.717, 1.165) is 85.1 Å². The highest BCUT2D eigenvalue weighted by Gasteiger charge is 2.13. The molecule has 3 N–H and O–H groups in total. The third-order valence-electron chi connectivity index (χ3n) is 7.32. The van der Waals surface area contributed by atoms with Gasteiger partial charge in [0.05, 0.1) is 30.8 Å². The Bertz CT molecular complexity index is 1410. The lowest BCUT2D eigenvalue weighted by Crippen LogP contribution is -2.36. The Hall–Kier alpha value is -4.00.